The molecular formula is C29H23F4NO. The molecule has 0 aliphatic heterocycles. The van der Waals surface area contributed by atoms with Crippen LogP contribution in [0.25, 0.3) is 10.8 Å². The second-order valence-electron chi connectivity index (χ2n) is 8.50. The largest absolute Gasteiger partial charge is 0.380 e. The van der Waals surface area contributed by atoms with Crippen molar-refractivity contribution < 1.29 is 22.3 Å². The van der Waals surface area contributed by atoms with Crippen LogP contribution in [0.4, 0.5) is 17.6 Å². The van der Waals surface area contributed by atoms with Gasteiger partial charge in [-0.2, -0.15) is 5.26 Å². The SMILES string of the molecule is COCc1ccc(CCc2ccc3c(F)c(CCc4cc(F)c(C#N)c(F)c4)ccc3c2)c(F)c1. The summed E-state index contributed by atoms with van der Waals surface area (Å²) in [5.41, 5.74) is 2.54. The minimum atomic E-state index is -0.917. The summed E-state index contributed by atoms with van der Waals surface area (Å²) in [6.45, 7) is 0.358. The van der Waals surface area contributed by atoms with Crippen molar-refractivity contribution in [2.24, 2.45) is 0 Å². The fourth-order valence-corrected chi connectivity index (χ4v) is 4.22. The smallest absolute Gasteiger partial charge is 0.144 e. The van der Waals surface area contributed by atoms with E-state index in [0.29, 0.717) is 41.5 Å². The molecule has 0 amide bonds. The van der Waals surface area contributed by atoms with Crippen molar-refractivity contribution in [1.29, 1.82) is 5.26 Å². The van der Waals surface area contributed by atoms with E-state index in [1.165, 1.54) is 12.1 Å². The van der Waals surface area contributed by atoms with Gasteiger partial charge in [0.05, 0.1) is 6.61 Å². The predicted molar refractivity (Wildman–Crippen MR) is 127 cm³/mol. The second kappa shape index (κ2) is 10.7. The van der Waals surface area contributed by atoms with Gasteiger partial charge in [-0.15, -0.1) is 0 Å². The van der Waals surface area contributed by atoms with Crippen molar-refractivity contribution in [2.45, 2.75) is 32.3 Å². The minimum Gasteiger partial charge on any atom is -0.380 e. The molecule has 0 atom stereocenters. The average Bonchev–Trinajstić information content (AvgIpc) is 2.83. The lowest BCUT2D eigenvalue weighted by atomic mass is 9.97. The Morgan fingerprint density at radius 3 is 2.00 bits per heavy atom. The molecule has 0 saturated carbocycles. The molecule has 0 saturated heterocycles. The number of aryl methyl sites for hydroxylation is 4. The molecule has 2 nitrogen and oxygen atoms in total. The number of fused-ring (bicyclic) bond motifs is 1. The maximum Gasteiger partial charge on any atom is 0.144 e. The fraction of sp³-hybridized carbons (Fsp3) is 0.207. The van der Waals surface area contributed by atoms with Crippen molar-refractivity contribution in [3.05, 3.63) is 117 Å². The van der Waals surface area contributed by atoms with Crippen LogP contribution in [-0.4, -0.2) is 7.11 Å². The first-order valence-electron chi connectivity index (χ1n) is 11.2. The van der Waals surface area contributed by atoms with E-state index in [1.807, 2.05) is 24.3 Å². The van der Waals surface area contributed by atoms with Gasteiger partial charge >= 0.3 is 0 Å². The monoisotopic (exact) mass is 477 g/mol. The number of ether oxygens (including phenoxy) is 1. The Morgan fingerprint density at radius 2 is 1.31 bits per heavy atom. The van der Waals surface area contributed by atoms with Crippen LogP contribution in [0, 0.1) is 34.6 Å². The standard InChI is InChI=1S/C29H23F4NO/c1-35-17-20-4-7-21(26(30)15-20)6-2-18-5-11-24-23(12-18)10-9-22(29(24)33)8-3-19-13-27(31)25(16-34)28(32)14-19/h4-5,7,9-15H,2-3,6,8,17H2,1H3. The molecule has 0 N–H and O–H groups in total. The number of rotatable bonds is 8. The van der Waals surface area contributed by atoms with Gasteiger partial charge in [0.15, 0.2) is 0 Å². The molecule has 0 aliphatic rings. The topological polar surface area (TPSA) is 33.0 Å². The zero-order valence-corrected chi connectivity index (χ0v) is 19.2. The lowest BCUT2D eigenvalue weighted by molar-refractivity contribution is 0.184. The van der Waals surface area contributed by atoms with Crippen LogP contribution >= 0.6 is 0 Å². The number of benzene rings is 4. The highest BCUT2D eigenvalue weighted by Crippen LogP contribution is 2.25. The molecule has 0 spiro atoms. The third-order valence-electron chi connectivity index (χ3n) is 6.11. The predicted octanol–water partition coefficient (Wildman–Crippen LogP) is 6.98. The van der Waals surface area contributed by atoms with Crippen LogP contribution in [0.1, 0.15) is 33.4 Å². The first-order valence-corrected chi connectivity index (χ1v) is 11.2. The van der Waals surface area contributed by atoms with E-state index >= 15 is 4.39 Å². The summed E-state index contributed by atoms with van der Waals surface area (Å²) in [5.74, 6) is -2.47. The molecule has 0 aliphatic carbocycles. The van der Waals surface area contributed by atoms with Gasteiger partial charge in [-0.3, -0.25) is 0 Å². The lowest BCUT2D eigenvalue weighted by Crippen LogP contribution is -2.00. The molecule has 4 aromatic rings. The van der Waals surface area contributed by atoms with Crippen LogP contribution in [0.2, 0.25) is 0 Å². The van der Waals surface area contributed by atoms with Crippen molar-refractivity contribution in [2.75, 3.05) is 7.11 Å². The molecule has 0 bridgehead atoms. The third kappa shape index (κ3) is 5.52. The number of nitrogens with zero attached hydrogens (tertiary/aromatic N) is 1. The molecule has 0 unspecified atom stereocenters. The maximum absolute atomic E-state index is 15.1. The number of nitriles is 1. The van der Waals surface area contributed by atoms with Crippen molar-refractivity contribution in [3.63, 3.8) is 0 Å². The number of halogens is 4. The fourth-order valence-electron chi connectivity index (χ4n) is 4.22. The summed E-state index contributed by atoms with van der Waals surface area (Å²) < 4.78 is 62.2. The van der Waals surface area contributed by atoms with Gasteiger partial charge < -0.3 is 4.74 Å². The van der Waals surface area contributed by atoms with E-state index in [0.717, 1.165) is 28.6 Å². The lowest BCUT2D eigenvalue weighted by Gasteiger charge is -2.10. The van der Waals surface area contributed by atoms with Gasteiger partial charge in [0.25, 0.3) is 0 Å². The molecule has 4 rings (SSSR count). The number of hydrogen-bond acceptors (Lipinski definition) is 2. The van der Waals surface area contributed by atoms with E-state index in [1.54, 1.807) is 25.3 Å². The van der Waals surface area contributed by atoms with Gasteiger partial charge in [-0.05, 0) is 77.1 Å². The summed E-state index contributed by atoms with van der Waals surface area (Å²) in [7, 11) is 1.56. The Labute approximate surface area is 201 Å². The quantitative estimate of drug-likeness (QED) is 0.256. The molecular weight excluding hydrogens is 454 g/mol. The van der Waals surface area contributed by atoms with E-state index < -0.39 is 17.2 Å². The molecule has 6 heteroatoms. The third-order valence-corrected chi connectivity index (χ3v) is 6.11. The Hall–Kier alpha value is -3.69. The zero-order chi connectivity index (χ0) is 24.9. The highest BCUT2D eigenvalue weighted by atomic mass is 19.1. The summed E-state index contributed by atoms with van der Waals surface area (Å²) in [6, 6.07) is 17.7. The van der Waals surface area contributed by atoms with Gasteiger partial charge in [-0.1, -0.05) is 42.5 Å². The Morgan fingerprint density at radius 1 is 0.686 bits per heavy atom. The van der Waals surface area contributed by atoms with Crippen LogP contribution in [0.3, 0.4) is 0 Å². The first-order chi connectivity index (χ1) is 16.9. The Balaban J connectivity index is 1.46. The minimum absolute atomic E-state index is 0.231. The van der Waals surface area contributed by atoms with Crippen LogP contribution in [-0.2, 0) is 37.0 Å². The first kappa shape index (κ1) is 24.4. The molecule has 0 aromatic heterocycles. The molecule has 35 heavy (non-hydrogen) atoms. The summed E-state index contributed by atoms with van der Waals surface area (Å²) in [5, 5.41) is 9.97. The van der Waals surface area contributed by atoms with E-state index in [4.69, 9.17) is 10.00 Å². The normalized spacial score (nSPS) is 11.1. The van der Waals surface area contributed by atoms with Crippen LogP contribution in [0.5, 0.6) is 0 Å². The highest BCUT2D eigenvalue weighted by molar-refractivity contribution is 5.84. The molecule has 4 aromatic carbocycles. The van der Waals surface area contributed by atoms with E-state index in [2.05, 4.69) is 0 Å². The Bertz CT molecular complexity index is 1400. The molecule has 0 heterocycles. The molecule has 0 fully saturated rings. The summed E-state index contributed by atoms with van der Waals surface area (Å²) in [6.07, 6.45) is 1.61. The van der Waals surface area contributed by atoms with Gasteiger partial charge in [-0.25, -0.2) is 17.6 Å². The van der Waals surface area contributed by atoms with Crippen molar-refractivity contribution >= 4 is 10.8 Å². The van der Waals surface area contributed by atoms with Crippen molar-refractivity contribution in [3.8, 4) is 6.07 Å². The molecule has 178 valence electrons. The zero-order valence-electron chi connectivity index (χ0n) is 19.2. The highest BCUT2D eigenvalue weighted by Gasteiger charge is 2.13. The van der Waals surface area contributed by atoms with Gasteiger partial charge in [0.1, 0.15) is 34.9 Å². The number of hydrogen-bond donors (Lipinski definition) is 0. The summed E-state index contributed by atoms with van der Waals surface area (Å²) in [4.78, 5) is 0. The Kier molecular flexibility index (Phi) is 7.48. The van der Waals surface area contributed by atoms with Crippen molar-refractivity contribution in [1.82, 2.24) is 0 Å². The van der Waals surface area contributed by atoms with E-state index in [9.17, 15) is 13.2 Å². The molecule has 0 radical (unpaired) electrons. The van der Waals surface area contributed by atoms with Gasteiger partial charge in [0.2, 0.25) is 0 Å². The average molecular weight is 478 g/mol. The van der Waals surface area contributed by atoms with Crippen LogP contribution < -0.4 is 0 Å². The number of methoxy groups -OCH3 is 1. The van der Waals surface area contributed by atoms with Crippen LogP contribution in [0.15, 0.2) is 60.7 Å². The van der Waals surface area contributed by atoms with E-state index in [-0.39, 0.29) is 24.5 Å². The maximum atomic E-state index is 15.1. The van der Waals surface area contributed by atoms with Gasteiger partial charge in [0, 0.05) is 12.5 Å². The summed E-state index contributed by atoms with van der Waals surface area (Å²) >= 11 is 0. The second-order valence-corrected chi connectivity index (χ2v) is 8.50.